The van der Waals surface area contributed by atoms with Crippen molar-refractivity contribution in [3.8, 4) is 11.1 Å². The Kier molecular flexibility index (Phi) is 4.95. The molecule has 6 nitrogen and oxygen atoms in total. The van der Waals surface area contributed by atoms with E-state index in [-0.39, 0.29) is 0 Å². The first-order valence-corrected chi connectivity index (χ1v) is 8.80. The molecule has 1 N–H and O–H groups in total. The molecule has 7 heteroatoms. The standard InChI is InChI=1S/C19H18ClN5O/c20-17-12-18(25-7-9-26-10-8-25)24-19(23-17)22-16-5-1-3-14(11-16)15-4-2-6-21-13-15/h1-6,11-13H,7-10H2,(H,22,23,24). The SMILES string of the molecule is Clc1cc(N2CCOCC2)nc(Nc2cccc(-c3cccnc3)c2)n1. The molecule has 0 atom stereocenters. The number of nitrogens with one attached hydrogen (secondary N) is 1. The number of ether oxygens (including phenoxy) is 1. The summed E-state index contributed by atoms with van der Waals surface area (Å²) < 4.78 is 5.39. The highest BCUT2D eigenvalue weighted by Gasteiger charge is 2.14. The van der Waals surface area contributed by atoms with Gasteiger partial charge in [-0.2, -0.15) is 4.98 Å². The molecule has 1 saturated heterocycles. The summed E-state index contributed by atoms with van der Waals surface area (Å²) in [5.41, 5.74) is 3.01. The third kappa shape index (κ3) is 3.92. The number of hydrogen-bond donors (Lipinski definition) is 1. The maximum absolute atomic E-state index is 6.21. The Morgan fingerprint density at radius 1 is 1.00 bits per heavy atom. The number of benzene rings is 1. The molecule has 0 saturated carbocycles. The topological polar surface area (TPSA) is 63.2 Å². The van der Waals surface area contributed by atoms with Crippen molar-refractivity contribution in [1.82, 2.24) is 15.0 Å². The van der Waals surface area contributed by atoms with Gasteiger partial charge in [-0.1, -0.05) is 29.8 Å². The van der Waals surface area contributed by atoms with Crippen molar-refractivity contribution < 1.29 is 4.74 Å². The van der Waals surface area contributed by atoms with E-state index in [4.69, 9.17) is 16.3 Å². The fraction of sp³-hybridized carbons (Fsp3) is 0.211. The lowest BCUT2D eigenvalue weighted by Gasteiger charge is -2.28. The molecule has 2 aromatic heterocycles. The minimum Gasteiger partial charge on any atom is -0.378 e. The maximum atomic E-state index is 6.21. The van der Waals surface area contributed by atoms with E-state index in [2.05, 4.69) is 25.2 Å². The van der Waals surface area contributed by atoms with Crippen molar-refractivity contribution in [2.24, 2.45) is 0 Å². The van der Waals surface area contributed by atoms with E-state index >= 15 is 0 Å². The molecule has 26 heavy (non-hydrogen) atoms. The first-order chi connectivity index (χ1) is 12.8. The molecule has 0 spiro atoms. The second kappa shape index (κ2) is 7.68. The molecule has 0 amide bonds. The van der Waals surface area contributed by atoms with Crippen LogP contribution in [0.5, 0.6) is 0 Å². The summed E-state index contributed by atoms with van der Waals surface area (Å²) in [5.74, 6) is 1.28. The average molecular weight is 368 g/mol. The number of morpholine rings is 1. The van der Waals surface area contributed by atoms with E-state index in [9.17, 15) is 0 Å². The van der Waals surface area contributed by atoms with Gasteiger partial charge < -0.3 is 15.0 Å². The lowest BCUT2D eigenvalue weighted by Crippen LogP contribution is -2.36. The zero-order chi connectivity index (χ0) is 17.8. The first-order valence-electron chi connectivity index (χ1n) is 8.43. The fourth-order valence-electron chi connectivity index (χ4n) is 2.86. The smallest absolute Gasteiger partial charge is 0.230 e. The van der Waals surface area contributed by atoms with Gasteiger partial charge in [0.1, 0.15) is 11.0 Å². The molecule has 1 aliphatic heterocycles. The van der Waals surface area contributed by atoms with Crippen LogP contribution in [0.4, 0.5) is 17.5 Å². The van der Waals surface area contributed by atoms with Crippen LogP contribution in [0.1, 0.15) is 0 Å². The van der Waals surface area contributed by atoms with Gasteiger partial charge in [-0.3, -0.25) is 4.98 Å². The predicted molar refractivity (Wildman–Crippen MR) is 103 cm³/mol. The molecular formula is C19H18ClN5O. The minimum atomic E-state index is 0.410. The Hall–Kier alpha value is -2.70. The predicted octanol–water partition coefficient (Wildman–Crippen LogP) is 3.77. The van der Waals surface area contributed by atoms with Crippen LogP contribution in [0.25, 0.3) is 11.1 Å². The largest absolute Gasteiger partial charge is 0.378 e. The van der Waals surface area contributed by atoms with E-state index in [1.807, 2.05) is 42.6 Å². The lowest BCUT2D eigenvalue weighted by atomic mass is 10.1. The number of aromatic nitrogens is 3. The molecule has 0 bridgehead atoms. The van der Waals surface area contributed by atoms with Crippen LogP contribution < -0.4 is 10.2 Å². The molecule has 4 rings (SSSR count). The van der Waals surface area contributed by atoms with Crippen molar-refractivity contribution in [2.45, 2.75) is 0 Å². The van der Waals surface area contributed by atoms with Gasteiger partial charge in [-0.15, -0.1) is 0 Å². The summed E-state index contributed by atoms with van der Waals surface area (Å²) >= 11 is 6.21. The van der Waals surface area contributed by atoms with Gasteiger partial charge in [-0.25, -0.2) is 4.98 Å². The summed E-state index contributed by atoms with van der Waals surface area (Å²) in [4.78, 5) is 15.2. The summed E-state index contributed by atoms with van der Waals surface area (Å²) in [6.07, 6.45) is 3.60. The molecule has 3 heterocycles. The second-order valence-corrected chi connectivity index (χ2v) is 6.31. The summed E-state index contributed by atoms with van der Waals surface area (Å²) in [7, 11) is 0. The number of halogens is 1. The van der Waals surface area contributed by atoms with Gasteiger partial charge in [0.05, 0.1) is 13.2 Å². The van der Waals surface area contributed by atoms with Crippen molar-refractivity contribution in [3.05, 3.63) is 60.0 Å². The van der Waals surface area contributed by atoms with Crippen LogP contribution >= 0.6 is 11.6 Å². The molecule has 1 fully saturated rings. The van der Waals surface area contributed by atoms with E-state index in [1.165, 1.54) is 0 Å². The van der Waals surface area contributed by atoms with Gasteiger partial charge in [-0.05, 0) is 23.8 Å². The van der Waals surface area contributed by atoms with Gasteiger partial charge in [0, 0.05) is 42.8 Å². The third-order valence-electron chi connectivity index (χ3n) is 4.13. The minimum absolute atomic E-state index is 0.410. The monoisotopic (exact) mass is 367 g/mol. The molecule has 1 aromatic carbocycles. The molecular weight excluding hydrogens is 350 g/mol. The van der Waals surface area contributed by atoms with Crippen LogP contribution in [0.2, 0.25) is 5.15 Å². The Bertz CT molecular complexity index is 884. The number of nitrogens with zero attached hydrogens (tertiary/aromatic N) is 4. The van der Waals surface area contributed by atoms with E-state index < -0.39 is 0 Å². The number of pyridine rings is 1. The molecule has 0 radical (unpaired) electrons. The van der Waals surface area contributed by atoms with Crippen LogP contribution in [0, 0.1) is 0 Å². The fourth-order valence-corrected chi connectivity index (χ4v) is 3.03. The van der Waals surface area contributed by atoms with Crippen LogP contribution in [-0.4, -0.2) is 41.3 Å². The zero-order valence-electron chi connectivity index (χ0n) is 14.1. The molecule has 0 unspecified atom stereocenters. The van der Waals surface area contributed by atoms with Crippen LogP contribution in [-0.2, 0) is 4.74 Å². The van der Waals surface area contributed by atoms with Crippen molar-refractivity contribution in [1.29, 1.82) is 0 Å². The van der Waals surface area contributed by atoms with E-state index in [0.29, 0.717) is 24.3 Å². The molecule has 132 valence electrons. The van der Waals surface area contributed by atoms with Crippen LogP contribution in [0.3, 0.4) is 0 Å². The highest BCUT2D eigenvalue weighted by atomic mass is 35.5. The highest BCUT2D eigenvalue weighted by molar-refractivity contribution is 6.29. The normalized spacial score (nSPS) is 14.3. The summed E-state index contributed by atoms with van der Waals surface area (Å²) in [6, 6.07) is 13.8. The van der Waals surface area contributed by atoms with E-state index in [0.717, 1.165) is 35.7 Å². The summed E-state index contributed by atoms with van der Waals surface area (Å²) in [6.45, 7) is 2.97. The number of anilines is 3. The second-order valence-electron chi connectivity index (χ2n) is 5.92. The quantitative estimate of drug-likeness (QED) is 0.708. The average Bonchev–Trinajstić information content (AvgIpc) is 2.69. The molecule has 1 aliphatic rings. The number of hydrogen-bond acceptors (Lipinski definition) is 6. The van der Waals surface area contributed by atoms with Gasteiger partial charge >= 0.3 is 0 Å². The maximum Gasteiger partial charge on any atom is 0.230 e. The first kappa shape index (κ1) is 16.8. The number of rotatable bonds is 4. The Balaban J connectivity index is 1.58. The van der Waals surface area contributed by atoms with Crippen molar-refractivity contribution in [2.75, 3.05) is 36.5 Å². The van der Waals surface area contributed by atoms with Crippen LogP contribution in [0.15, 0.2) is 54.9 Å². The summed E-state index contributed by atoms with van der Waals surface area (Å²) in [5, 5.41) is 3.66. The van der Waals surface area contributed by atoms with Crippen molar-refractivity contribution >= 4 is 29.1 Å². The molecule has 0 aliphatic carbocycles. The molecule has 3 aromatic rings. The van der Waals surface area contributed by atoms with Gasteiger partial charge in [0.25, 0.3) is 0 Å². The third-order valence-corrected chi connectivity index (χ3v) is 4.32. The Morgan fingerprint density at radius 3 is 2.65 bits per heavy atom. The zero-order valence-corrected chi connectivity index (χ0v) is 14.9. The Morgan fingerprint density at radius 2 is 1.85 bits per heavy atom. The Labute approximate surface area is 156 Å². The van der Waals surface area contributed by atoms with E-state index in [1.54, 1.807) is 12.3 Å². The van der Waals surface area contributed by atoms with Crippen molar-refractivity contribution in [3.63, 3.8) is 0 Å². The van der Waals surface area contributed by atoms with Gasteiger partial charge in [0.15, 0.2) is 0 Å². The highest BCUT2D eigenvalue weighted by Crippen LogP contribution is 2.25. The van der Waals surface area contributed by atoms with Gasteiger partial charge in [0.2, 0.25) is 5.95 Å². The lowest BCUT2D eigenvalue weighted by molar-refractivity contribution is 0.122.